The Morgan fingerprint density at radius 1 is 1.19 bits per heavy atom. The standard InChI is InChI=1S/C14H24O2/c1-5-9-12(15)16-14(13(2,3)4)10-7-6-8-11-14/h5,9H,6-8,10-11H2,1-4H3/b9-5+. The Morgan fingerprint density at radius 3 is 2.19 bits per heavy atom. The van der Waals surface area contributed by atoms with Crippen LogP contribution in [0, 0.1) is 5.41 Å². The minimum Gasteiger partial charge on any atom is -0.455 e. The van der Waals surface area contributed by atoms with Crippen molar-refractivity contribution >= 4 is 5.97 Å². The first-order valence-corrected chi connectivity index (χ1v) is 6.27. The van der Waals surface area contributed by atoms with Gasteiger partial charge >= 0.3 is 5.97 Å². The lowest BCUT2D eigenvalue weighted by Crippen LogP contribution is -2.48. The Balaban J connectivity index is 2.83. The maximum atomic E-state index is 11.7. The molecule has 1 fully saturated rings. The predicted molar refractivity (Wildman–Crippen MR) is 66.2 cm³/mol. The van der Waals surface area contributed by atoms with Gasteiger partial charge in [0.2, 0.25) is 0 Å². The van der Waals surface area contributed by atoms with Crippen LogP contribution in [0.2, 0.25) is 0 Å². The molecule has 0 aliphatic heterocycles. The Labute approximate surface area is 99.1 Å². The second-order valence-electron chi connectivity index (χ2n) is 5.73. The Hall–Kier alpha value is -0.790. The van der Waals surface area contributed by atoms with Gasteiger partial charge in [-0.1, -0.05) is 33.3 Å². The average molecular weight is 224 g/mol. The third-order valence-electron chi connectivity index (χ3n) is 3.63. The van der Waals surface area contributed by atoms with Crippen LogP contribution in [0.4, 0.5) is 0 Å². The van der Waals surface area contributed by atoms with E-state index in [1.165, 1.54) is 25.3 Å². The maximum Gasteiger partial charge on any atom is 0.330 e. The van der Waals surface area contributed by atoms with Gasteiger partial charge in [-0.25, -0.2) is 4.79 Å². The summed E-state index contributed by atoms with van der Waals surface area (Å²) in [7, 11) is 0. The smallest absolute Gasteiger partial charge is 0.330 e. The summed E-state index contributed by atoms with van der Waals surface area (Å²) in [4.78, 5) is 11.7. The van der Waals surface area contributed by atoms with Crippen molar-refractivity contribution in [1.29, 1.82) is 0 Å². The van der Waals surface area contributed by atoms with E-state index in [2.05, 4.69) is 20.8 Å². The van der Waals surface area contributed by atoms with Crippen LogP contribution in [0.25, 0.3) is 0 Å². The number of carbonyl (C=O) groups is 1. The highest BCUT2D eigenvalue weighted by molar-refractivity contribution is 5.82. The molecule has 0 unspecified atom stereocenters. The summed E-state index contributed by atoms with van der Waals surface area (Å²) in [6.07, 6.45) is 8.85. The molecule has 0 amide bonds. The third-order valence-corrected chi connectivity index (χ3v) is 3.63. The van der Waals surface area contributed by atoms with Gasteiger partial charge in [-0.2, -0.15) is 0 Å². The van der Waals surface area contributed by atoms with Crippen LogP contribution >= 0.6 is 0 Å². The number of ether oxygens (including phenoxy) is 1. The topological polar surface area (TPSA) is 26.3 Å². The van der Waals surface area contributed by atoms with Crippen molar-refractivity contribution in [2.75, 3.05) is 0 Å². The molecule has 0 spiro atoms. The van der Waals surface area contributed by atoms with Crippen molar-refractivity contribution in [1.82, 2.24) is 0 Å². The fourth-order valence-corrected chi connectivity index (χ4v) is 2.49. The van der Waals surface area contributed by atoms with Gasteiger partial charge in [0.25, 0.3) is 0 Å². The van der Waals surface area contributed by atoms with Crippen LogP contribution in [0.15, 0.2) is 12.2 Å². The summed E-state index contributed by atoms with van der Waals surface area (Å²) in [5, 5.41) is 0. The van der Waals surface area contributed by atoms with Crippen molar-refractivity contribution in [2.24, 2.45) is 5.41 Å². The number of carbonyl (C=O) groups excluding carboxylic acids is 1. The second-order valence-corrected chi connectivity index (χ2v) is 5.73. The number of rotatable bonds is 2. The average Bonchev–Trinajstić information content (AvgIpc) is 2.17. The zero-order chi connectivity index (χ0) is 12.2. The van der Waals surface area contributed by atoms with Crippen LogP contribution in [0.3, 0.4) is 0 Å². The van der Waals surface area contributed by atoms with Gasteiger partial charge in [-0.05, 0) is 32.6 Å². The van der Waals surface area contributed by atoms with Gasteiger partial charge in [0.05, 0.1) is 0 Å². The molecule has 1 saturated carbocycles. The number of allylic oxidation sites excluding steroid dienone is 1. The number of hydrogen-bond donors (Lipinski definition) is 0. The van der Waals surface area contributed by atoms with E-state index in [-0.39, 0.29) is 17.0 Å². The van der Waals surface area contributed by atoms with Gasteiger partial charge in [-0.15, -0.1) is 0 Å². The summed E-state index contributed by atoms with van der Waals surface area (Å²) in [5.41, 5.74) is -0.244. The molecule has 16 heavy (non-hydrogen) atoms. The Morgan fingerprint density at radius 2 is 1.75 bits per heavy atom. The van der Waals surface area contributed by atoms with Crippen LogP contribution in [0.1, 0.15) is 59.8 Å². The fraction of sp³-hybridized carbons (Fsp3) is 0.786. The SMILES string of the molecule is C/C=C/C(=O)OC1(C(C)(C)C)CCCCC1. The normalized spacial score (nSPS) is 21.0. The van der Waals surface area contributed by atoms with E-state index in [9.17, 15) is 4.79 Å². The van der Waals surface area contributed by atoms with Crippen molar-refractivity contribution < 1.29 is 9.53 Å². The van der Waals surface area contributed by atoms with Gasteiger partial charge in [0, 0.05) is 11.5 Å². The van der Waals surface area contributed by atoms with E-state index >= 15 is 0 Å². The first-order valence-electron chi connectivity index (χ1n) is 6.27. The van der Waals surface area contributed by atoms with Crippen molar-refractivity contribution in [3.63, 3.8) is 0 Å². The lowest BCUT2D eigenvalue weighted by molar-refractivity contribution is -0.173. The van der Waals surface area contributed by atoms with Gasteiger partial charge < -0.3 is 4.74 Å². The zero-order valence-corrected chi connectivity index (χ0v) is 11.0. The molecule has 0 aromatic heterocycles. The van der Waals surface area contributed by atoms with Crippen LogP contribution in [-0.4, -0.2) is 11.6 Å². The summed E-state index contributed by atoms with van der Waals surface area (Å²) in [6, 6.07) is 0. The molecule has 2 nitrogen and oxygen atoms in total. The number of hydrogen-bond acceptors (Lipinski definition) is 2. The second kappa shape index (κ2) is 5.03. The molecule has 0 saturated heterocycles. The quantitative estimate of drug-likeness (QED) is 0.526. The lowest BCUT2D eigenvalue weighted by Gasteiger charge is -2.46. The largest absolute Gasteiger partial charge is 0.455 e. The highest BCUT2D eigenvalue weighted by Crippen LogP contribution is 2.44. The zero-order valence-electron chi connectivity index (χ0n) is 11.0. The molecule has 1 aliphatic carbocycles. The van der Waals surface area contributed by atoms with Crippen LogP contribution in [0.5, 0.6) is 0 Å². The van der Waals surface area contributed by atoms with Crippen molar-refractivity contribution in [3.8, 4) is 0 Å². The van der Waals surface area contributed by atoms with Gasteiger partial charge in [0.15, 0.2) is 0 Å². The summed E-state index contributed by atoms with van der Waals surface area (Å²) in [5.74, 6) is -0.195. The van der Waals surface area contributed by atoms with Gasteiger partial charge in [-0.3, -0.25) is 0 Å². The number of esters is 1. The van der Waals surface area contributed by atoms with E-state index in [0.29, 0.717) is 0 Å². The van der Waals surface area contributed by atoms with Crippen LogP contribution < -0.4 is 0 Å². The summed E-state index contributed by atoms with van der Waals surface area (Å²) in [6.45, 7) is 8.34. The minimum atomic E-state index is -0.262. The minimum absolute atomic E-state index is 0.0185. The lowest BCUT2D eigenvalue weighted by atomic mass is 9.68. The highest BCUT2D eigenvalue weighted by Gasteiger charge is 2.45. The predicted octanol–water partition coefficient (Wildman–Crippen LogP) is 3.85. The van der Waals surface area contributed by atoms with E-state index < -0.39 is 0 Å². The molecule has 0 bridgehead atoms. The third kappa shape index (κ3) is 2.87. The molecule has 0 atom stereocenters. The van der Waals surface area contributed by atoms with Crippen LogP contribution in [-0.2, 0) is 9.53 Å². The molecule has 0 aromatic carbocycles. The molecule has 0 heterocycles. The van der Waals surface area contributed by atoms with E-state index in [1.807, 2.05) is 6.92 Å². The molecule has 0 aromatic rings. The van der Waals surface area contributed by atoms with Crippen molar-refractivity contribution in [3.05, 3.63) is 12.2 Å². The molecular formula is C14H24O2. The maximum absolute atomic E-state index is 11.7. The van der Waals surface area contributed by atoms with Crippen molar-refractivity contribution in [2.45, 2.75) is 65.4 Å². The summed E-state index contributed by atoms with van der Waals surface area (Å²) >= 11 is 0. The first-order chi connectivity index (χ1) is 7.41. The highest BCUT2D eigenvalue weighted by atomic mass is 16.6. The Kier molecular flexibility index (Phi) is 4.17. The first kappa shape index (κ1) is 13.3. The fourth-order valence-electron chi connectivity index (χ4n) is 2.49. The molecule has 1 aliphatic rings. The summed E-state index contributed by atoms with van der Waals surface area (Å²) < 4.78 is 5.76. The molecule has 0 radical (unpaired) electrons. The molecule has 92 valence electrons. The van der Waals surface area contributed by atoms with E-state index in [1.54, 1.807) is 6.08 Å². The van der Waals surface area contributed by atoms with E-state index in [4.69, 9.17) is 4.74 Å². The van der Waals surface area contributed by atoms with E-state index in [0.717, 1.165) is 12.8 Å². The van der Waals surface area contributed by atoms with Gasteiger partial charge in [0.1, 0.15) is 5.60 Å². The molecule has 1 rings (SSSR count). The molecule has 0 N–H and O–H groups in total. The molecular weight excluding hydrogens is 200 g/mol. The monoisotopic (exact) mass is 224 g/mol. The molecule has 2 heteroatoms. The Bertz CT molecular complexity index is 265.